The van der Waals surface area contributed by atoms with Crippen LogP contribution >= 0.6 is 24.0 Å². The van der Waals surface area contributed by atoms with Gasteiger partial charge in [-0.05, 0) is 42.5 Å². The number of benzene rings is 2. The summed E-state index contributed by atoms with van der Waals surface area (Å²) < 4.78 is 0. The minimum atomic E-state index is -0.0103. The highest BCUT2D eigenvalue weighted by Crippen LogP contribution is 2.05. The van der Waals surface area contributed by atoms with Gasteiger partial charge in [0, 0.05) is 32.2 Å². The summed E-state index contributed by atoms with van der Waals surface area (Å²) in [5.41, 5.74) is 3.16. The lowest BCUT2D eigenvalue weighted by Gasteiger charge is -2.12. The highest BCUT2D eigenvalue weighted by atomic mass is 127. The first-order valence-electron chi connectivity index (χ1n) is 10.1. The third-order valence-electron chi connectivity index (χ3n) is 4.49. The van der Waals surface area contributed by atoms with E-state index in [1.165, 1.54) is 5.56 Å². The van der Waals surface area contributed by atoms with E-state index in [9.17, 15) is 4.79 Å². The van der Waals surface area contributed by atoms with Crippen molar-refractivity contribution in [1.29, 1.82) is 0 Å². The SMILES string of the molecule is CCCCNC(=O)c1ccc(CNC(=NC)NCCCc2ccccc2)cc1.I. The first kappa shape index (κ1) is 24.9. The van der Waals surface area contributed by atoms with Gasteiger partial charge in [-0.15, -0.1) is 24.0 Å². The van der Waals surface area contributed by atoms with E-state index in [0.717, 1.165) is 50.3 Å². The van der Waals surface area contributed by atoms with Crippen molar-refractivity contribution < 1.29 is 4.79 Å². The molecule has 0 fully saturated rings. The van der Waals surface area contributed by atoms with Crippen molar-refractivity contribution in [2.75, 3.05) is 20.1 Å². The molecule has 2 rings (SSSR count). The Morgan fingerprint density at radius 1 is 0.862 bits per heavy atom. The van der Waals surface area contributed by atoms with E-state index in [1.807, 2.05) is 30.3 Å². The molecule has 0 radical (unpaired) electrons. The summed E-state index contributed by atoms with van der Waals surface area (Å²) in [6.45, 7) is 4.37. The average molecular weight is 508 g/mol. The fraction of sp³-hybridized carbons (Fsp3) is 0.391. The minimum absolute atomic E-state index is 0. The lowest BCUT2D eigenvalue weighted by Crippen LogP contribution is -2.37. The van der Waals surface area contributed by atoms with Gasteiger partial charge in [0.05, 0.1) is 0 Å². The second-order valence-corrected chi connectivity index (χ2v) is 6.75. The van der Waals surface area contributed by atoms with Crippen molar-refractivity contribution in [3.63, 3.8) is 0 Å². The highest BCUT2D eigenvalue weighted by Gasteiger charge is 2.05. The molecule has 0 bridgehead atoms. The summed E-state index contributed by atoms with van der Waals surface area (Å²) in [5.74, 6) is 0.776. The first-order valence-corrected chi connectivity index (χ1v) is 10.1. The molecule has 0 atom stereocenters. The Labute approximate surface area is 191 Å². The Morgan fingerprint density at radius 2 is 1.55 bits per heavy atom. The summed E-state index contributed by atoms with van der Waals surface area (Å²) in [7, 11) is 1.77. The Hall–Kier alpha value is -2.09. The van der Waals surface area contributed by atoms with E-state index in [4.69, 9.17) is 0 Å². The first-order chi connectivity index (χ1) is 13.7. The van der Waals surface area contributed by atoms with E-state index >= 15 is 0 Å². The van der Waals surface area contributed by atoms with E-state index in [2.05, 4.69) is 52.1 Å². The van der Waals surface area contributed by atoms with Gasteiger partial charge < -0.3 is 16.0 Å². The maximum atomic E-state index is 12.0. The van der Waals surface area contributed by atoms with Crippen LogP contribution in [0.2, 0.25) is 0 Å². The van der Waals surface area contributed by atoms with Gasteiger partial charge in [-0.25, -0.2) is 0 Å². The molecule has 0 heterocycles. The number of aliphatic imine (C=N–C) groups is 1. The number of guanidine groups is 1. The van der Waals surface area contributed by atoms with Crippen LogP contribution in [0.3, 0.4) is 0 Å². The summed E-state index contributed by atoms with van der Waals surface area (Å²) in [6.07, 6.45) is 4.18. The number of hydrogen-bond acceptors (Lipinski definition) is 2. The summed E-state index contributed by atoms with van der Waals surface area (Å²) >= 11 is 0. The zero-order chi connectivity index (χ0) is 20.0. The van der Waals surface area contributed by atoms with Gasteiger partial charge in [0.15, 0.2) is 5.96 Å². The molecule has 3 N–H and O–H groups in total. The van der Waals surface area contributed by atoms with Gasteiger partial charge in [-0.1, -0.05) is 55.8 Å². The second-order valence-electron chi connectivity index (χ2n) is 6.75. The highest BCUT2D eigenvalue weighted by molar-refractivity contribution is 14.0. The standard InChI is InChI=1S/C23H32N4O.HI/c1-3-4-16-25-22(28)21-14-12-20(13-15-21)18-27-23(24-2)26-17-8-11-19-9-6-5-7-10-19;/h5-7,9-10,12-15H,3-4,8,11,16-18H2,1-2H3,(H,25,28)(H2,24,26,27);1H. The lowest BCUT2D eigenvalue weighted by atomic mass is 10.1. The molecule has 0 aliphatic heterocycles. The van der Waals surface area contributed by atoms with Gasteiger partial charge in [0.1, 0.15) is 0 Å². The number of carbonyl (C=O) groups excluding carboxylic acids is 1. The lowest BCUT2D eigenvalue weighted by molar-refractivity contribution is 0.0953. The van der Waals surface area contributed by atoms with Crippen molar-refractivity contribution in [1.82, 2.24) is 16.0 Å². The van der Waals surface area contributed by atoms with E-state index < -0.39 is 0 Å². The smallest absolute Gasteiger partial charge is 0.251 e. The van der Waals surface area contributed by atoms with Crippen LogP contribution < -0.4 is 16.0 Å². The number of nitrogens with one attached hydrogen (secondary N) is 3. The van der Waals surface area contributed by atoms with Crippen molar-refractivity contribution in [3.8, 4) is 0 Å². The van der Waals surface area contributed by atoms with Gasteiger partial charge in [0.2, 0.25) is 0 Å². The quantitative estimate of drug-likeness (QED) is 0.196. The van der Waals surface area contributed by atoms with Crippen LogP contribution in [0.15, 0.2) is 59.6 Å². The van der Waals surface area contributed by atoms with Crippen LogP contribution in [-0.4, -0.2) is 32.0 Å². The molecule has 0 aliphatic rings. The van der Waals surface area contributed by atoms with Gasteiger partial charge in [-0.3, -0.25) is 9.79 Å². The molecule has 0 unspecified atom stereocenters. The molecule has 0 aliphatic carbocycles. The monoisotopic (exact) mass is 508 g/mol. The Morgan fingerprint density at radius 3 is 2.21 bits per heavy atom. The number of carbonyl (C=O) groups is 1. The predicted octanol–water partition coefficient (Wildman–Crippen LogP) is 4.13. The van der Waals surface area contributed by atoms with Crippen LogP contribution in [0.4, 0.5) is 0 Å². The zero-order valence-corrected chi connectivity index (χ0v) is 19.7. The molecular weight excluding hydrogens is 475 g/mol. The van der Waals surface area contributed by atoms with Crippen molar-refractivity contribution in [2.24, 2.45) is 4.99 Å². The molecule has 2 aromatic rings. The maximum Gasteiger partial charge on any atom is 0.251 e. The molecular formula is C23H33IN4O. The second kappa shape index (κ2) is 14.8. The van der Waals surface area contributed by atoms with Gasteiger partial charge in [0.25, 0.3) is 5.91 Å². The zero-order valence-electron chi connectivity index (χ0n) is 17.4. The maximum absolute atomic E-state index is 12.0. The van der Waals surface area contributed by atoms with Crippen LogP contribution in [-0.2, 0) is 13.0 Å². The van der Waals surface area contributed by atoms with Crippen LogP contribution in [0.1, 0.15) is 47.7 Å². The molecule has 0 saturated carbocycles. The molecule has 2 aromatic carbocycles. The van der Waals surface area contributed by atoms with Crippen molar-refractivity contribution in [3.05, 3.63) is 71.3 Å². The normalized spacial score (nSPS) is 10.8. The largest absolute Gasteiger partial charge is 0.356 e. The van der Waals surface area contributed by atoms with E-state index in [1.54, 1.807) is 7.05 Å². The van der Waals surface area contributed by atoms with E-state index in [-0.39, 0.29) is 29.9 Å². The molecule has 5 nitrogen and oxygen atoms in total. The number of amides is 1. The summed E-state index contributed by atoms with van der Waals surface area (Å²) in [4.78, 5) is 16.3. The minimum Gasteiger partial charge on any atom is -0.356 e. The summed E-state index contributed by atoms with van der Waals surface area (Å²) in [6, 6.07) is 18.2. The number of aryl methyl sites for hydroxylation is 1. The molecule has 0 aromatic heterocycles. The Kier molecular flexibility index (Phi) is 12.8. The Bertz CT molecular complexity index is 732. The number of unbranched alkanes of at least 4 members (excludes halogenated alkanes) is 1. The molecule has 0 spiro atoms. The Balaban J connectivity index is 0.00000420. The third kappa shape index (κ3) is 9.78. The molecule has 0 saturated heterocycles. The number of rotatable bonds is 10. The van der Waals surface area contributed by atoms with Crippen LogP contribution in [0.5, 0.6) is 0 Å². The topological polar surface area (TPSA) is 65.5 Å². The fourth-order valence-corrected chi connectivity index (χ4v) is 2.81. The van der Waals surface area contributed by atoms with Crippen molar-refractivity contribution >= 4 is 35.8 Å². The number of halogens is 1. The molecule has 158 valence electrons. The van der Waals surface area contributed by atoms with Crippen LogP contribution in [0.25, 0.3) is 0 Å². The van der Waals surface area contributed by atoms with E-state index in [0.29, 0.717) is 12.1 Å². The van der Waals surface area contributed by atoms with Gasteiger partial charge in [-0.2, -0.15) is 0 Å². The molecule has 1 amide bonds. The summed E-state index contributed by atoms with van der Waals surface area (Å²) in [5, 5.41) is 9.59. The van der Waals surface area contributed by atoms with Crippen LogP contribution in [0, 0.1) is 0 Å². The average Bonchev–Trinajstić information content (AvgIpc) is 2.74. The predicted molar refractivity (Wildman–Crippen MR) is 132 cm³/mol. The third-order valence-corrected chi connectivity index (χ3v) is 4.49. The molecule has 6 heteroatoms. The van der Waals surface area contributed by atoms with Gasteiger partial charge >= 0.3 is 0 Å². The molecule has 29 heavy (non-hydrogen) atoms. The fourth-order valence-electron chi connectivity index (χ4n) is 2.81. The van der Waals surface area contributed by atoms with Crippen molar-refractivity contribution in [2.45, 2.75) is 39.2 Å². The number of nitrogens with zero attached hydrogens (tertiary/aromatic N) is 1. The number of hydrogen-bond donors (Lipinski definition) is 3.